The molecule has 1 saturated heterocycles. The lowest BCUT2D eigenvalue weighted by Crippen LogP contribution is -2.52. The Morgan fingerprint density at radius 1 is 1.20 bits per heavy atom. The molecule has 0 bridgehead atoms. The summed E-state index contributed by atoms with van der Waals surface area (Å²) in [6.07, 6.45) is 9.69. The standard InChI is InChI=1S/C27H44N6O2/c1-6-32-17-11-14-24(32)19-33(28)27(30-21(3)29-23-12-9-7-8-10-13-23)31-22(4)35-25-15-16-26(34-5)20(2)18-25/h15-16,18,23-24H,4,6-14,17,19,28H2,1-3,5H3,(H,29,30,31). The predicted octanol–water partition coefficient (Wildman–Crippen LogP) is 4.60. The van der Waals surface area contributed by atoms with Gasteiger partial charge >= 0.3 is 0 Å². The molecule has 2 fully saturated rings. The minimum absolute atomic E-state index is 0.258. The summed E-state index contributed by atoms with van der Waals surface area (Å²) in [5.41, 5.74) is 0.979. The number of amidine groups is 1. The van der Waals surface area contributed by atoms with Gasteiger partial charge in [0.25, 0.3) is 0 Å². The van der Waals surface area contributed by atoms with Gasteiger partial charge in [-0.1, -0.05) is 32.6 Å². The number of rotatable bonds is 8. The van der Waals surface area contributed by atoms with E-state index in [2.05, 4.69) is 28.7 Å². The number of nitrogens with one attached hydrogen (secondary N) is 1. The number of benzene rings is 1. The van der Waals surface area contributed by atoms with E-state index in [4.69, 9.17) is 20.3 Å². The van der Waals surface area contributed by atoms with Gasteiger partial charge in [0.1, 0.15) is 17.3 Å². The van der Waals surface area contributed by atoms with Crippen LogP contribution in [0, 0.1) is 6.92 Å². The van der Waals surface area contributed by atoms with Gasteiger partial charge in [0.15, 0.2) is 0 Å². The van der Waals surface area contributed by atoms with Gasteiger partial charge in [-0.15, -0.1) is 0 Å². The zero-order valence-electron chi connectivity index (χ0n) is 22.1. The van der Waals surface area contributed by atoms with Crippen LogP contribution in [0.4, 0.5) is 0 Å². The van der Waals surface area contributed by atoms with Crippen LogP contribution in [0.3, 0.4) is 0 Å². The summed E-state index contributed by atoms with van der Waals surface area (Å²) in [6, 6.07) is 6.37. The lowest BCUT2D eigenvalue weighted by Gasteiger charge is -2.29. The maximum absolute atomic E-state index is 6.57. The highest BCUT2D eigenvalue weighted by Crippen LogP contribution is 2.24. The topological polar surface area (TPSA) is 87.7 Å². The number of hydrogen-bond acceptors (Lipinski definition) is 6. The van der Waals surface area contributed by atoms with Crippen LogP contribution in [0.5, 0.6) is 11.5 Å². The summed E-state index contributed by atoms with van der Waals surface area (Å²) < 4.78 is 11.3. The summed E-state index contributed by atoms with van der Waals surface area (Å²) in [7, 11) is 1.66. The van der Waals surface area contributed by atoms with Gasteiger partial charge in [0, 0.05) is 6.04 Å². The third kappa shape index (κ3) is 8.25. The third-order valence-corrected chi connectivity index (χ3v) is 6.91. The Balaban J connectivity index is 1.75. The monoisotopic (exact) mass is 484 g/mol. The van der Waals surface area contributed by atoms with Gasteiger partial charge in [0.05, 0.1) is 19.7 Å². The van der Waals surface area contributed by atoms with Gasteiger partial charge in [0.2, 0.25) is 11.8 Å². The zero-order valence-corrected chi connectivity index (χ0v) is 22.1. The molecule has 8 nitrogen and oxygen atoms in total. The number of hydrazine groups is 1. The fourth-order valence-corrected chi connectivity index (χ4v) is 5.04. The van der Waals surface area contributed by atoms with E-state index in [1.807, 2.05) is 32.0 Å². The maximum atomic E-state index is 6.57. The van der Waals surface area contributed by atoms with Crippen LogP contribution >= 0.6 is 0 Å². The molecular weight excluding hydrogens is 440 g/mol. The van der Waals surface area contributed by atoms with Crippen LogP contribution in [-0.2, 0) is 0 Å². The van der Waals surface area contributed by atoms with Gasteiger partial charge < -0.3 is 14.8 Å². The Morgan fingerprint density at radius 3 is 2.60 bits per heavy atom. The molecule has 1 unspecified atom stereocenters. The number of methoxy groups -OCH3 is 1. The first-order valence-electron chi connectivity index (χ1n) is 13.1. The fraction of sp³-hybridized carbons (Fsp3) is 0.630. The number of hydrogen-bond donors (Lipinski definition) is 2. The Hall–Kier alpha value is -2.58. The first-order valence-corrected chi connectivity index (χ1v) is 13.1. The molecule has 1 aromatic rings. The van der Waals surface area contributed by atoms with E-state index < -0.39 is 0 Å². The molecular formula is C27H44N6O2. The van der Waals surface area contributed by atoms with Crippen LogP contribution in [0.25, 0.3) is 0 Å². The molecule has 0 amide bonds. The second kappa shape index (κ2) is 13.5. The summed E-state index contributed by atoms with van der Waals surface area (Å²) in [6.45, 7) is 13.0. The normalized spacial score (nSPS) is 20.4. The second-order valence-electron chi connectivity index (χ2n) is 9.62. The minimum atomic E-state index is 0.258. The molecule has 1 atom stereocenters. The van der Waals surface area contributed by atoms with Crippen LogP contribution in [0.1, 0.15) is 70.8 Å². The number of ether oxygens (including phenoxy) is 2. The molecule has 194 valence electrons. The molecule has 2 aliphatic rings. The first kappa shape index (κ1) is 27.0. The average Bonchev–Trinajstić information content (AvgIpc) is 3.11. The Kier molecular flexibility index (Phi) is 10.4. The number of nitrogens with two attached hydrogens (primary N) is 1. The van der Waals surface area contributed by atoms with Crippen LogP contribution in [-0.4, -0.2) is 60.5 Å². The zero-order chi connectivity index (χ0) is 25.2. The number of aliphatic imine (C=N–C) groups is 2. The SMILES string of the molecule is C=C(/N=C(\NC(C)=NC1CCCCCC1)N(N)CC1CCCN1CC)Oc1ccc(OC)c(C)c1. The number of aryl methyl sites for hydroxylation is 1. The number of guanidine groups is 1. The molecule has 35 heavy (non-hydrogen) atoms. The van der Waals surface area contributed by atoms with E-state index in [0.29, 0.717) is 30.3 Å². The Labute approximate surface area is 211 Å². The van der Waals surface area contributed by atoms with E-state index in [-0.39, 0.29) is 5.88 Å². The molecule has 1 saturated carbocycles. The van der Waals surface area contributed by atoms with Crippen molar-refractivity contribution in [3.8, 4) is 11.5 Å². The Bertz CT molecular complexity index is 892. The highest BCUT2D eigenvalue weighted by molar-refractivity contribution is 5.98. The van der Waals surface area contributed by atoms with Gasteiger partial charge in [-0.25, -0.2) is 5.84 Å². The molecule has 0 spiro atoms. The van der Waals surface area contributed by atoms with Crippen molar-refractivity contribution in [3.63, 3.8) is 0 Å². The van der Waals surface area contributed by atoms with Gasteiger partial charge in [-0.05, 0) is 83.0 Å². The quantitative estimate of drug-likeness (QED) is 0.140. The minimum Gasteiger partial charge on any atom is -0.496 e. The van der Waals surface area contributed by atoms with E-state index >= 15 is 0 Å². The maximum Gasteiger partial charge on any atom is 0.221 e. The van der Waals surface area contributed by atoms with E-state index in [0.717, 1.165) is 49.5 Å². The van der Waals surface area contributed by atoms with Crippen molar-refractivity contribution >= 4 is 11.8 Å². The first-order chi connectivity index (χ1) is 16.9. The fourth-order valence-electron chi connectivity index (χ4n) is 5.04. The molecule has 3 N–H and O–H groups in total. The van der Waals surface area contributed by atoms with Crippen molar-refractivity contribution in [2.75, 3.05) is 26.7 Å². The van der Waals surface area contributed by atoms with Gasteiger partial charge in [-0.2, -0.15) is 4.99 Å². The molecule has 3 rings (SSSR count). The van der Waals surface area contributed by atoms with Crippen molar-refractivity contribution in [3.05, 3.63) is 36.2 Å². The van der Waals surface area contributed by atoms with Crippen LogP contribution in [0.15, 0.2) is 40.6 Å². The van der Waals surface area contributed by atoms with E-state index in [1.165, 1.54) is 32.1 Å². The van der Waals surface area contributed by atoms with Gasteiger partial charge in [-0.3, -0.25) is 14.9 Å². The highest BCUT2D eigenvalue weighted by atomic mass is 16.5. The summed E-state index contributed by atoms with van der Waals surface area (Å²) in [4.78, 5) is 12.1. The van der Waals surface area contributed by atoms with Crippen molar-refractivity contribution in [2.45, 2.75) is 84.2 Å². The molecule has 1 aliphatic carbocycles. The molecule has 0 aromatic heterocycles. The highest BCUT2D eigenvalue weighted by Gasteiger charge is 2.26. The second-order valence-corrected chi connectivity index (χ2v) is 9.62. The van der Waals surface area contributed by atoms with Crippen molar-refractivity contribution < 1.29 is 9.47 Å². The van der Waals surface area contributed by atoms with E-state index in [9.17, 15) is 0 Å². The Morgan fingerprint density at radius 2 is 1.94 bits per heavy atom. The lowest BCUT2D eigenvalue weighted by atomic mass is 10.1. The summed E-state index contributed by atoms with van der Waals surface area (Å²) in [5.74, 6) is 9.60. The van der Waals surface area contributed by atoms with Crippen molar-refractivity contribution in [2.24, 2.45) is 15.8 Å². The van der Waals surface area contributed by atoms with Crippen molar-refractivity contribution in [1.82, 2.24) is 15.2 Å². The van der Waals surface area contributed by atoms with Crippen LogP contribution < -0.4 is 20.6 Å². The molecule has 1 aromatic carbocycles. The van der Waals surface area contributed by atoms with E-state index in [1.54, 1.807) is 12.1 Å². The average molecular weight is 485 g/mol. The summed E-state index contributed by atoms with van der Waals surface area (Å²) in [5, 5.41) is 5.04. The molecule has 8 heteroatoms. The largest absolute Gasteiger partial charge is 0.496 e. The smallest absolute Gasteiger partial charge is 0.221 e. The molecule has 1 heterocycles. The number of likely N-dealkylation sites (tertiary alicyclic amines) is 1. The van der Waals surface area contributed by atoms with Crippen LogP contribution in [0.2, 0.25) is 0 Å². The number of likely N-dealkylation sites (N-methyl/N-ethyl adjacent to an activating group) is 1. The predicted molar refractivity (Wildman–Crippen MR) is 144 cm³/mol. The number of nitrogens with zero attached hydrogens (tertiary/aromatic N) is 4. The summed E-state index contributed by atoms with van der Waals surface area (Å²) >= 11 is 0. The molecule has 0 radical (unpaired) electrons. The molecule has 1 aliphatic heterocycles. The van der Waals surface area contributed by atoms with Crippen molar-refractivity contribution in [1.29, 1.82) is 0 Å². The third-order valence-electron chi connectivity index (χ3n) is 6.91. The lowest BCUT2D eigenvalue weighted by molar-refractivity contribution is 0.222.